The van der Waals surface area contributed by atoms with Gasteiger partial charge in [0.25, 0.3) is 0 Å². The van der Waals surface area contributed by atoms with Crippen molar-refractivity contribution >= 4 is 11.9 Å². The van der Waals surface area contributed by atoms with E-state index < -0.39 is 12.1 Å². The molecule has 0 aliphatic carbocycles. The Bertz CT molecular complexity index is 1180. The molecule has 0 spiro atoms. The largest absolute Gasteiger partial charge is 0.466 e. The molecule has 0 aliphatic heterocycles. The number of carbonyl (C=O) groups excluding carboxylic acids is 2. The number of ether oxygens (including phenoxy) is 1. The highest BCUT2D eigenvalue weighted by molar-refractivity contribution is 5.76. The first kappa shape index (κ1) is 71.1. The topological polar surface area (TPSA) is 95.9 Å². The lowest BCUT2D eigenvalue weighted by atomic mass is 10.0. The minimum Gasteiger partial charge on any atom is -0.466 e. The van der Waals surface area contributed by atoms with Crippen LogP contribution in [0, 0.1) is 0 Å². The number of hydrogen-bond donors (Lipinski definition) is 3. The molecule has 0 heterocycles. The fourth-order valence-corrected chi connectivity index (χ4v) is 10.1. The maximum atomic E-state index is 12.5. The van der Waals surface area contributed by atoms with E-state index >= 15 is 0 Å². The first-order chi connectivity index (χ1) is 36.0. The molecular formula is C67H127NO5. The van der Waals surface area contributed by atoms with Crippen LogP contribution in [-0.2, 0) is 14.3 Å². The normalized spacial score (nSPS) is 12.8. The lowest BCUT2D eigenvalue weighted by Gasteiger charge is -2.22. The summed E-state index contributed by atoms with van der Waals surface area (Å²) in [4.78, 5) is 24.6. The van der Waals surface area contributed by atoms with Gasteiger partial charge in [-0.05, 0) is 89.9 Å². The highest BCUT2D eigenvalue weighted by Gasteiger charge is 2.20. The highest BCUT2D eigenvalue weighted by atomic mass is 16.5. The van der Waals surface area contributed by atoms with Gasteiger partial charge in [0.2, 0.25) is 5.91 Å². The van der Waals surface area contributed by atoms with Crippen LogP contribution in [0.2, 0.25) is 0 Å². The summed E-state index contributed by atoms with van der Waals surface area (Å²) in [7, 11) is 0. The lowest BCUT2D eigenvalue weighted by Crippen LogP contribution is -2.45. The van der Waals surface area contributed by atoms with Gasteiger partial charge in [-0.3, -0.25) is 9.59 Å². The Morgan fingerprint density at radius 2 is 0.685 bits per heavy atom. The molecule has 0 aromatic carbocycles. The van der Waals surface area contributed by atoms with Crippen LogP contribution in [0.5, 0.6) is 0 Å². The maximum absolute atomic E-state index is 12.5. The number of hydrogen-bond acceptors (Lipinski definition) is 5. The predicted octanol–water partition coefficient (Wildman–Crippen LogP) is 20.8. The molecular weight excluding hydrogens is 899 g/mol. The fourth-order valence-electron chi connectivity index (χ4n) is 10.1. The van der Waals surface area contributed by atoms with Crippen LogP contribution in [0.4, 0.5) is 0 Å². The van der Waals surface area contributed by atoms with Crippen LogP contribution in [-0.4, -0.2) is 47.4 Å². The minimum atomic E-state index is -0.677. The number of esters is 1. The molecule has 0 saturated heterocycles. The van der Waals surface area contributed by atoms with Crippen molar-refractivity contribution in [2.24, 2.45) is 0 Å². The quantitative estimate of drug-likeness (QED) is 0.0320. The molecule has 0 aromatic heterocycles. The number of nitrogens with one attached hydrogen (secondary N) is 1. The number of amides is 1. The summed E-state index contributed by atoms with van der Waals surface area (Å²) in [6, 6.07) is -0.556. The molecule has 0 bridgehead atoms. The van der Waals surface area contributed by atoms with E-state index in [1.807, 2.05) is 0 Å². The molecule has 73 heavy (non-hydrogen) atoms. The summed E-state index contributed by atoms with van der Waals surface area (Å²) < 4.78 is 5.46. The summed E-state index contributed by atoms with van der Waals surface area (Å²) in [5.74, 6) is -0.0703. The lowest BCUT2D eigenvalue weighted by molar-refractivity contribution is -0.143. The van der Waals surface area contributed by atoms with E-state index in [-0.39, 0.29) is 18.5 Å². The van der Waals surface area contributed by atoms with Crippen molar-refractivity contribution in [1.29, 1.82) is 0 Å². The molecule has 6 heteroatoms. The van der Waals surface area contributed by atoms with E-state index in [1.54, 1.807) is 0 Å². The van der Waals surface area contributed by atoms with Crippen LogP contribution >= 0.6 is 0 Å². The average Bonchev–Trinajstić information content (AvgIpc) is 3.39. The van der Waals surface area contributed by atoms with Crippen LogP contribution in [0.1, 0.15) is 354 Å². The smallest absolute Gasteiger partial charge is 0.305 e. The summed E-state index contributed by atoms with van der Waals surface area (Å²) in [5.41, 5.74) is 0. The minimum absolute atomic E-state index is 0.0222. The number of carbonyl (C=O) groups is 2. The molecule has 0 saturated carbocycles. The van der Waals surface area contributed by atoms with E-state index in [1.165, 1.54) is 238 Å². The molecule has 0 aromatic rings. The zero-order valence-corrected chi connectivity index (χ0v) is 49.1. The van der Waals surface area contributed by atoms with Crippen LogP contribution in [0.25, 0.3) is 0 Å². The van der Waals surface area contributed by atoms with Crippen molar-refractivity contribution < 1.29 is 24.5 Å². The zero-order valence-electron chi connectivity index (χ0n) is 49.1. The van der Waals surface area contributed by atoms with Gasteiger partial charge in [-0.1, -0.05) is 288 Å². The SMILES string of the molecule is CCCCCCCCC/C=C\CCCCCCCC(=O)OCCCCC/C=C\C/C=C\CCCCCCCCCC(=O)NC(CO)C(O)CCCCCCCCCCCCCCCCCCCCCCCCC. The second-order valence-corrected chi connectivity index (χ2v) is 22.4. The van der Waals surface area contributed by atoms with E-state index in [4.69, 9.17) is 4.74 Å². The Balaban J connectivity index is 3.48. The van der Waals surface area contributed by atoms with Crippen molar-refractivity contribution in [3.05, 3.63) is 36.5 Å². The van der Waals surface area contributed by atoms with E-state index in [0.29, 0.717) is 25.9 Å². The number of unbranched alkanes of at least 4 members (excludes halogenated alkanes) is 44. The highest BCUT2D eigenvalue weighted by Crippen LogP contribution is 2.18. The summed E-state index contributed by atoms with van der Waals surface area (Å²) >= 11 is 0. The predicted molar refractivity (Wildman–Crippen MR) is 319 cm³/mol. The van der Waals surface area contributed by atoms with Crippen LogP contribution in [0.15, 0.2) is 36.5 Å². The standard InChI is InChI=1S/C67H127NO5/c1-3-5-7-9-11-13-15-17-19-21-22-23-24-25-26-28-31-35-39-43-47-51-55-59-65(70)64(63-69)68-66(71)60-56-52-48-44-40-36-32-29-27-30-34-38-42-46-50-54-58-62-73-67(72)61-57-53-49-45-41-37-33-20-18-16-14-12-10-8-6-4-2/h20,27,30,33,38,42,64-65,69-70H,3-19,21-26,28-29,31-32,34-37,39-41,43-63H2,1-2H3,(H,68,71)/b30-27-,33-20-,42-38-. The van der Waals surface area contributed by atoms with Crippen molar-refractivity contribution in [3.8, 4) is 0 Å². The Hall–Kier alpha value is -1.92. The van der Waals surface area contributed by atoms with E-state index in [9.17, 15) is 19.8 Å². The van der Waals surface area contributed by atoms with Crippen LogP contribution < -0.4 is 5.32 Å². The van der Waals surface area contributed by atoms with Gasteiger partial charge >= 0.3 is 5.97 Å². The van der Waals surface area contributed by atoms with Crippen molar-refractivity contribution in [3.63, 3.8) is 0 Å². The van der Waals surface area contributed by atoms with Gasteiger partial charge in [0.1, 0.15) is 0 Å². The Morgan fingerprint density at radius 3 is 1.05 bits per heavy atom. The number of aliphatic hydroxyl groups is 2. The number of allylic oxidation sites excluding steroid dienone is 6. The number of rotatable bonds is 61. The van der Waals surface area contributed by atoms with Crippen molar-refractivity contribution in [1.82, 2.24) is 5.32 Å². The van der Waals surface area contributed by atoms with Gasteiger partial charge in [-0.15, -0.1) is 0 Å². The van der Waals surface area contributed by atoms with E-state index in [0.717, 1.165) is 83.5 Å². The summed E-state index contributed by atoms with van der Waals surface area (Å²) in [6.07, 6.45) is 78.8. The van der Waals surface area contributed by atoms with Crippen molar-refractivity contribution in [2.45, 2.75) is 366 Å². The third kappa shape index (κ3) is 59.2. The average molecular weight is 1030 g/mol. The first-order valence-electron chi connectivity index (χ1n) is 32.7. The molecule has 0 fully saturated rings. The van der Waals surface area contributed by atoms with Gasteiger partial charge in [0, 0.05) is 12.8 Å². The third-order valence-corrected chi connectivity index (χ3v) is 15.2. The maximum Gasteiger partial charge on any atom is 0.305 e. The first-order valence-corrected chi connectivity index (χ1v) is 32.7. The van der Waals surface area contributed by atoms with Crippen LogP contribution in [0.3, 0.4) is 0 Å². The summed E-state index contributed by atoms with van der Waals surface area (Å²) in [5, 5.41) is 23.4. The van der Waals surface area contributed by atoms with Gasteiger partial charge in [0.05, 0.1) is 25.4 Å². The molecule has 1 amide bonds. The third-order valence-electron chi connectivity index (χ3n) is 15.2. The Labute approximate surface area is 455 Å². The van der Waals surface area contributed by atoms with E-state index in [2.05, 4.69) is 55.6 Å². The molecule has 430 valence electrons. The zero-order chi connectivity index (χ0) is 52.9. The molecule has 2 atom stereocenters. The molecule has 0 rings (SSSR count). The molecule has 3 N–H and O–H groups in total. The summed E-state index contributed by atoms with van der Waals surface area (Å²) in [6.45, 7) is 4.93. The Morgan fingerprint density at radius 1 is 0.384 bits per heavy atom. The molecule has 0 aliphatic rings. The van der Waals surface area contributed by atoms with Gasteiger partial charge in [-0.25, -0.2) is 0 Å². The Kier molecular flexibility index (Phi) is 61.0. The fraction of sp³-hybridized carbons (Fsp3) is 0.881. The number of aliphatic hydroxyl groups excluding tert-OH is 2. The molecule has 0 radical (unpaired) electrons. The second kappa shape index (κ2) is 62.6. The van der Waals surface area contributed by atoms with Crippen molar-refractivity contribution in [2.75, 3.05) is 13.2 Å². The monoisotopic (exact) mass is 1030 g/mol. The van der Waals surface area contributed by atoms with Gasteiger partial charge in [0.15, 0.2) is 0 Å². The molecule has 2 unspecified atom stereocenters. The molecule has 6 nitrogen and oxygen atoms in total. The van der Waals surface area contributed by atoms with Gasteiger partial charge < -0.3 is 20.3 Å². The second-order valence-electron chi connectivity index (χ2n) is 22.4. The van der Waals surface area contributed by atoms with Gasteiger partial charge in [-0.2, -0.15) is 0 Å².